The maximum absolute atomic E-state index is 14.9. The van der Waals surface area contributed by atoms with Crippen molar-refractivity contribution in [3.8, 4) is 0 Å². The van der Waals surface area contributed by atoms with E-state index in [1.807, 2.05) is 60.7 Å². The van der Waals surface area contributed by atoms with Gasteiger partial charge < -0.3 is 9.34 Å². The molecule has 0 radical (unpaired) electrons. The second-order valence-electron chi connectivity index (χ2n) is 7.92. The monoisotopic (exact) mass is 499 g/mol. The van der Waals surface area contributed by atoms with Gasteiger partial charge in [-0.3, -0.25) is 14.2 Å². The molecule has 2 amide bonds. The number of para-hydroxylation sites is 2. The van der Waals surface area contributed by atoms with E-state index in [1.54, 1.807) is 9.34 Å². The molecule has 0 N–H and O–H groups in total. The lowest BCUT2D eigenvalue weighted by atomic mass is 10.3. The summed E-state index contributed by atoms with van der Waals surface area (Å²) >= 11 is 12.2. The third-order valence-electron chi connectivity index (χ3n) is 5.96. The molecular weight excluding hydrogens is 480 g/mol. The number of hydrogen-bond donors (Lipinski definition) is 0. The number of nitrogens with zero attached hydrogens (tertiary/aromatic N) is 3. The summed E-state index contributed by atoms with van der Waals surface area (Å²) in [6.07, 6.45) is -0.160. The minimum atomic E-state index is -3.57. The van der Waals surface area contributed by atoms with Crippen LogP contribution in [0.5, 0.6) is 0 Å². The first-order valence-corrected chi connectivity index (χ1v) is 12.9. The number of amides is 2. The van der Waals surface area contributed by atoms with Crippen LogP contribution in [0.4, 0.5) is 17.1 Å². The molecule has 33 heavy (non-hydrogen) atoms. The summed E-state index contributed by atoms with van der Waals surface area (Å²) in [6.45, 7) is 0.939. The van der Waals surface area contributed by atoms with Crippen molar-refractivity contribution in [2.75, 3.05) is 27.3 Å². The Kier molecular flexibility index (Phi) is 5.69. The Labute approximate surface area is 201 Å². The Morgan fingerprint density at radius 1 is 0.727 bits per heavy atom. The summed E-state index contributed by atoms with van der Waals surface area (Å²) in [5.74, 6) is -0.933. The Bertz CT molecular complexity index is 1200. The number of imide groups is 1. The third kappa shape index (κ3) is 3.72. The first-order valence-electron chi connectivity index (χ1n) is 10.5. The van der Waals surface area contributed by atoms with Gasteiger partial charge in [-0.1, -0.05) is 59.6 Å². The maximum Gasteiger partial charge on any atom is 0.275 e. The van der Waals surface area contributed by atoms with Gasteiger partial charge in [0.25, 0.3) is 7.44 Å². The summed E-state index contributed by atoms with van der Waals surface area (Å²) in [4.78, 5) is 27.8. The van der Waals surface area contributed by atoms with Gasteiger partial charge in [-0.05, 0) is 42.5 Å². The highest BCUT2D eigenvalue weighted by Gasteiger charge is 2.57. The molecule has 0 spiro atoms. The van der Waals surface area contributed by atoms with E-state index in [9.17, 15) is 14.2 Å². The molecule has 0 aliphatic carbocycles. The van der Waals surface area contributed by atoms with Crippen LogP contribution in [0, 0.1) is 0 Å². The lowest BCUT2D eigenvalue weighted by Gasteiger charge is -2.35. The molecule has 3 aromatic carbocycles. The molecule has 0 aromatic heterocycles. The van der Waals surface area contributed by atoms with Crippen LogP contribution in [0.15, 0.2) is 78.9 Å². The van der Waals surface area contributed by atoms with Crippen molar-refractivity contribution in [2.24, 2.45) is 0 Å². The predicted molar refractivity (Wildman–Crippen MR) is 133 cm³/mol. The Hall–Kier alpha value is -2.79. The average molecular weight is 500 g/mol. The molecule has 6 nitrogen and oxygen atoms in total. The van der Waals surface area contributed by atoms with Crippen LogP contribution in [0.3, 0.4) is 0 Å². The van der Waals surface area contributed by atoms with E-state index in [2.05, 4.69) is 0 Å². The van der Waals surface area contributed by atoms with Crippen LogP contribution in [-0.4, -0.2) is 30.6 Å². The Morgan fingerprint density at radius 3 is 1.70 bits per heavy atom. The zero-order valence-corrected chi connectivity index (χ0v) is 19.9. The van der Waals surface area contributed by atoms with Gasteiger partial charge in [0, 0.05) is 40.9 Å². The van der Waals surface area contributed by atoms with Crippen molar-refractivity contribution in [1.82, 2.24) is 0 Å². The third-order valence-corrected chi connectivity index (χ3v) is 9.86. The second kappa shape index (κ2) is 8.53. The fourth-order valence-electron chi connectivity index (χ4n) is 4.55. The number of carbonyl (C=O) groups excluding carboxylic acids is 2. The molecule has 5 rings (SSSR count). The van der Waals surface area contributed by atoms with Crippen LogP contribution in [0.25, 0.3) is 0 Å². The molecule has 3 aromatic rings. The minimum Gasteiger partial charge on any atom is -0.304 e. The highest BCUT2D eigenvalue weighted by atomic mass is 35.5. The molecule has 2 heterocycles. The smallest absolute Gasteiger partial charge is 0.275 e. The van der Waals surface area contributed by atoms with Crippen molar-refractivity contribution < 1.29 is 14.2 Å². The highest BCUT2D eigenvalue weighted by molar-refractivity contribution is 7.69. The summed E-state index contributed by atoms with van der Waals surface area (Å²) in [5.41, 5.74) is 0.770. The van der Waals surface area contributed by atoms with Gasteiger partial charge in [0.05, 0.1) is 5.69 Å². The van der Waals surface area contributed by atoms with E-state index in [0.717, 1.165) is 16.3 Å². The van der Waals surface area contributed by atoms with Gasteiger partial charge >= 0.3 is 0 Å². The molecule has 0 saturated carbocycles. The zero-order chi connectivity index (χ0) is 23.2. The van der Waals surface area contributed by atoms with Gasteiger partial charge in [-0.2, -0.15) is 0 Å². The summed E-state index contributed by atoms with van der Waals surface area (Å²) in [6, 6.07) is 23.3. The number of rotatable bonds is 4. The van der Waals surface area contributed by atoms with Crippen molar-refractivity contribution in [3.63, 3.8) is 0 Å². The van der Waals surface area contributed by atoms with E-state index < -0.39 is 24.9 Å². The van der Waals surface area contributed by atoms with Crippen LogP contribution in [-0.2, 0) is 14.2 Å². The van der Waals surface area contributed by atoms with Gasteiger partial charge in [-0.25, -0.2) is 4.90 Å². The van der Waals surface area contributed by atoms with Gasteiger partial charge in [0.15, 0.2) is 0 Å². The van der Waals surface area contributed by atoms with E-state index in [4.69, 9.17) is 23.2 Å². The summed E-state index contributed by atoms with van der Waals surface area (Å²) in [7, 11) is -3.57. The standard InChI is InChI=1S/C24H20Cl2N3O3P/c25-17-13-18(26)15-21(14-17)29-23(30)16-22(24(29)31)33(32)27(19-7-3-1-4-8-19)11-12-28(33)20-9-5-2-6-10-20/h1-10,13-15,22H,11-12,16H2. The van der Waals surface area contributed by atoms with Crippen molar-refractivity contribution in [3.05, 3.63) is 88.9 Å². The maximum atomic E-state index is 14.9. The number of halogens is 2. The van der Waals surface area contributed by atoms with Gasteiger partial charge in [0.2, 0.25) is 11.8 Å². The number of anilines is 3. The molecule has 1 atom stereocenters. The van der Waals surface area contributed by atoms with E-state index >= 15 is 0 Å². The zero-order valence-electron chi connectivity index (χ0n) is 17.5. The summed E-state index contributed by atoms with van der Waals surface area (Å²) in [5, 5.41) is 0.622. The van der Waals surface area contributed by atoms with Crippen LogP contribution < -0.4 is 14.2 Å². The van der Waals surface area contributed by atoms with E-state index in [1.165, 1.54) is 18.2 Å². The average Bonchev–Trinajstić information content (AvgIpc) is 3.31. The van der Waals surface area contributed by atoms with Gasteiger partial charge in [-0.15, -0.1) is 0 Å². The van der Waals surface area contributed by atoms with Crippen LogP contribution >= 0.6 is 30.6 Å². The molecular formula is C24H20Cl2N3O3P. The first kappa shape index (κ1) is 22.0. The lowest BCUT2D eigenvalue weighted by Crippen LogP contribution is -2.36. The van der Waals surface area contributed by atoms with Gasteiger partial charge in [0.1, 0.15) is 5.66 Å². The molecule has 2 aliphatic heterocycles. The van der Waals surface area contributed by atoms with E-state index in [0.29, 0.717) is 23.1 Å². The van der Waals surface area contributed by atoms with Crippen molar-refractivity contribution in [2.45, 2.75) is 12.1 Å². The number of hydrogen-bond acceptors (Lipinski definition) is 3. The quantitative estimate of drug-likeness (QED) is 0.333. The van der Waals surface area contributed by atoms with Crippen molar-refractivity contribution in [1.29, 1.82) is 0 Å². The number of benzene rings is 3. The van der Waals surface area contributed by atoms with Crippen LogP contribution in [0.1, 0.15) is 6.42 Å². The predicted octanol–water partition coefficient (Wildman–Crippen LogP) is 5.85. The minimum absolute atomic E-state index is 0.160. The normalized spacial score (nSPS) is 20.1. The summed E-state index contributed by atoms with van der Waals surface area (Å²) < 4.78 is 18.5. The van der Waals surface area contributed by atoms with E-state index in [-0.39, 0.29) is 12.1 Å². The SMILES string of the molecule is O=C1CC(P2(=O)N(c3ccccc3)CCN2c2ccccc2)C(=O)N1c1cc(Cl)cc(Cl)c1. The van der Waals surface area contributed by atoms with Crippen molar-refractivity contribution >= 4 is 59.5 Å². The molecule has 2 saturated heterocycles. The fourth-order valence-corrected chi connectivity index (χ4v) is 8.48. The first-order chi connectivity index (χ1) is 15.9. The molecule has 1 unspecified atom stereocenters. The molecule has 2 fully saturated rings. The number of carbonyl (C=O) groups is 2. The highest BCUT2D eigenvalue weighted by Crippen LogP contribution is 2.65. The largest absolute Gasteiger partial charge is 0.304 e. The molecule has 2 aliphatic rings. The topological polar surface area (TPSA) is 60.9 Å². The molecule has 9 heteroatoms. The lowest BCUT2D eigenvalue weighted by molar-refractivity contribution is -0.121. The molecule has 0 bridgehead atoms. The molecule has 168 valence electrons. The Morgan fingerprint density at radius 2 is 1.21 bits per heavy atom. The van der Waals surface area contributed by atoms with Crippen LogP contribution in [0.2, 0.25) is 10.0 Å². The Balaban J connectivity index is 1.60. The second-order valence-corrected chi connectivity index (χ2v) is 11.6. The fraction of sp³-hybridized carbons (Fsp3) is 0.167.